The monoisotopic (exact) mass is 385 g/mol. The number of halogens is 2. The summed E-state index contributed by atoms with van der Waals surface area (Å²) in [6.07, 6.45) is 0. The fourth-order valence-corrected chi connectivity index (χ4v) is 2.13. The molecule has 0 atom stereocenters. The van der Waals surface area contributed by atoms with Gasteiger partial charge in [-0.2, -0.15) is 4.99 Å². The Balaban J connectivity index is 0.00000112. The van der Waals surface area contributed by atoms with E-state index in [9.17, 15) is 0 Å². The lowest BCUT2D eigenvalue weighted by molar-refractivity contribution is 1.29. The third kappa shape index (κ3) is 3.81. The summed E-state index contributed by atoms with van der Waals surface area (Å²) in [5.41, 5.74) is 13.9. The lowest BCUT2D eigenvalue weighted by atomic mass is 10.4. The molecule has 9 heteroatoms. The highest BCUT2D eigenvalue weighted by molar-refractivity contribution is 8.93. The van der Waals surface area contributed by atoms with E-state index in [1.807, 2.05) is 10.8 Å². The molecule has 2 heterocycles. The van der Waals surface area contributed by atoms with Crippen molar-refractivity contribution in [2.75, 3.05) is 0 Å². The summed E-state index contributed by atoms with van der Waals surface area (Å²) in [6.45, 7) is 0. The molecule has 0 radical (unpaired) electrons. The highest BCUT2D eigenvalue weighted by Crippen LogP contribution is 2.25. The molecule has 0 amide bonds. The first-order chi connectivity index (χ1) is 6.75. The van der Waals surface area contributed by atoms with Gasteiger partial charge in [-0.05, 0) is 0 Å². The van der Waals surface area contributed by atoms with Gasteiger partial charge in [-0.1, -0.05) is 0 Å². The van der Waals surface area contributed by atoms with Crippen LogP contribution in [0.15, 0.2) is 21.3 Å². The summed E-state index contributed by atoms with van der Waals surface area (Å²) < 4.78 is 0. The zero-order valence-electron chi connectivity index (χ0n) is 7.86. The molecule has 0 aliphatic heterocycles. The SMILES string of the molecule is Br.Br.NC(N)=Nc1nc(-c2cscn2)cs1. The van der Waals surface area contributed by atoms with Crippen LogP contribution in [0.2, 0.25) is 0 Å². The number of aliphatic imine (C=N–C) groups is 1. The van der Waals surface area contributed by atoms with Crippen molar-refractivity contribution in [1.29, 1.82) is 0 Å². The van der Waals surface area contributed by atoms with Gasteiger partial charge in [0.05, 0.1) is 5.51 Å². The topological polar surface area (TPSA) is 90.2 Å². The highest BCUT2D eigenvalue weighted by atomic mass is 79.9. The molecule has 0 saturated heterocycles. The van der Waals surface area contributed by atoms with E-state index in [1.165, 1.54) is 22.7 Å². The third-order valence-electron chi connectivity index (χ3n) is 1.41. The summed E-state index contributed by atoms with van der Waals surface area (Å²) in [5, 5.41) is 4.35. The molecule has 2 aromatic rings. The van der Waals surface area contributed by atoms with Gasteiger partial charge in [0.1, 0.15) is 11.4 Å². The molecule has 0 aliphatic rings. The van der Waals surface area contributed by atoms with Crippen molar-refractivity contribution in [3.05, 3.63) is 16.3 Å². The van der Waals surface area contributed by atoms with Crippen LogP contribution < -0.4 is 11.5 Å². The molecule has 5 nitrogen and oxygen atoms in total. The lowest BCUT2D eigenvalue weighted by Gasteiger charge is -1.87. The molecule has 2 aromatic heterocycles. The predicted octanol–water partition coefficient (Wildman–Crippen LogP) is 2.33. The standard InChI is InChI=1S/C7H7N5S2.2BrH/c8-6(9)12-7-11-5(2-14-7)4-1-13-3-10-4;;/h1-3H,(H4,8,9,11,12);2*1H. The van der Waals surface area contributed by atoms with Gasteiger partial charge in [0.25, 0.3) is 0 Å². The Morgan fingerprint density at radius 1 is 1.19 bits per heavy atom. The first-order valence-electron chi connectivity index (χ1n) is 3.69. The van der Waals surface area contributed by atoms with E-state index in [1.54, 1.807) is 5.51 Å². The molecule has 0 saturated carbocycles. The number of guanidine groups is 1. The normalized spacial score (nSPS) is 8.75. The zero-order chi connectivity index (χ0) is 9.97. The molecule has 0 unspecified atom stereocenters. The molecule has 0 aromatic carbocycles. The van der Waals surface area contributed by atoms with E-state index in [0.29, 0.717) is 5.13 Å². The van der Waals surface area contributed by atoms with Crippen molar-refractivity contribution >= 4 is 67.7 Å². The van der Waals surface area contributed by atoms with Crippen LogP contribution in [-0.2, 0) is 0 Å². The molecule has 0 fully saturated rings. The Bertz CT molecular complexity index is 449. The second kappa shape index (κ2) is 6.94. The average molecular weight is 387 g/mol. The van der Waals surface area contributed by atoms with Crippen molar-refractivity contribution in [3.63, 3.8) is 0 Å². The van der Waals surface area contributed by atoms with Crippen LogP contribution in [-0.4, -0.2) is 15.9 Å². The van der Waals surface area contributed by atoms with Gasteiger partial charge in [0.2, 0.25) is 5.13 Å². The van der Waals surface area contributed by atoms with E-state index in [0.717, 1.165) is 11.4 Å². The number of nitrogens with zero attached hydrogens (tertiary/aromatic N) is 3. The molecule has 4 N–H and O–H groups in total. The van der Waals surface area contributed by atoms with Crippen LogP contribution in [0.3, 0.4) is 0 Å². The van der Waals surface area contributed by atoms with E-state index < -0.39 is 0 Å². The minimum absolute atomic E-state index is 0. The molecule has 88 valence electrons. The second-order valence-corrected chi connectivity index (χ2v) is 3.98. The van der Waals surface area contributed by atoms with Crippen molar-refractivity contribution in [2.45, 2.75) is 0 Å². The number of hydrogen-bond acceptors (Lipinski definition) is 5. The molecular formula is C7H9Br2N5S2. The lowest BCUT2D eigenvalue weighted by Crippen LogP contribution is -2.21. The zero-order valence-corrected chi connectivity index (χ0v) is 12.9. The van der Waals surface area contributed by atoms with E-state index >= 15 is 0 Å². The number of hydrogen-bond donors (Lipinski definition) is 2. The first-order valence-corrected chi connectivity index (χ1v) is 5.51. The third-order valence-corrected chi connectivity index (χ3v) is 2.73. The smallest absolute Gasteiger partial charge is 0.212 e. The Morgan fingerprint density at radius 2 is 1.94 bits per heavy atom. The Labute approximate surface area is 121 Å². The van der Waals surface area contributed by atoms with Crippen molar-refractivity contribution in [1.82, 2.24) is 9.97 Å². The number of nitrogens with two attached hydrogens (primary N) is 2. The molecule has 0 aliphatic carbocycles. The largest absolute Gasteiger partial charge is 0.370 e. The van der Waals surface area contributed by atoms with Crippen LogP contribution in [0.5, 0.6) is 0 Å². The van der Waals surface area contributed by atoms with Gasteiger partial charge in [0, 0.05) is 10.8 Å². The minimum atomic E-state index is 0. The van der Waals surface area contributed by atoms with Gasteiger partial charge in [-0.3, -0.25) is 0 Å². The molecule has 0 bridgehead atoms. The predicted molar refractivity (Wildman–Crippen MR) is 79.3 cm³/mol. The molecule has 2 rings (SSSR count). The van der Waals surface area contributed by atoms with Crippen LogP contribution in [0, 0.1) is 0 Å². The average Bonchev–Trinajstić information content (AvgIpc) is 2.69. The van der Waals surface area contributed by atoms with Crippen LogP contribution in [0.1, 0.15) is 0 Å². The van der Waals surface area contributed by atoms with Crippen LogP contribution in [0.4, 0.5) is 5.13 Å². The molecular weight excluding hydrogens is 378 g/mol. The number of aromatic nitrogens is 2. The minimum Gasteiger partial charge on any atom is -0.370 e. The highest BCUT2D eigenvalue weighted by Gasteiger charge is 2.04. The fraction of sp³-hybridized carbons (Fsp3) is 0. The summed E-state index contributed by atoms with van der Waals surface area (Å²) in [7, 11) is 0. The van der Waals surface area contributed by atoms with Crippen molar-refractivity contribution in [3.8, 4) is 11.4 Å². The number of rotatable bonds is 2. The maximum atomic E-state index is 5.23. The van der Waals surface area contributed by atoms with Crippen molar-refractivity contribution in [2.24, 2.45) is 16.5 Å². The van der Waals surface area contributed by atoms with Crippen LogP contribution in [0.25, 0.3) is 11.4 Å². The van der Waals surface area contributed by atoms with Crippen LogP contribution >= 0.6 is 56.6 Å². The van der Waals surface area contributed by atoms with Gasteiger partial charge in [-0.15, -0.1) is 56.6 Å². The Morgan fingerprint density at radius 3 is 2.50 bits per heavy atom. The Kier molecular flexibility index (Phi) is 6.72. The van der Waals surface area contributed by atoms with Gasteiger partial charge in [-0.25, -0.2) is 9.97 Å². The summed E-state index contributed by atoms with van der Waals surface area (Å²) >= 11 is 2.91. The second-order valence-electron chi connectivity index (χ2n) is 2.43. The van der Waals surface area contributed by atoms with E-state index in [4.69, 9.17) is 11.5 Å². The first kappa shape index (κ1) is 15.5. The van der Waals surface area contributed by atoms with E-state index in [-0.39, 0.29) is 39.9 Å². The quantitative estimate of drug-likeness (QED) is 0.612. The summed E-state index contributed by atoms with van der Waals surface area (Å²) in [6, 6.07) is 0. The fourth-order valence-electron chi connectivity index (χ4n) is 0.883. The molecule has 16 heavy (non-hydrogen) atoms. The van der Waals surface area contributed by atoms with Gasteiger partial charge >= 0.3 is 0 Å². The Hall–Kier alpha value is -0.510. The number of thiazole rings is 2. The van der Waals surface area contributed by atoms with Gasteiger partial charge in [0.15, 0.2) is 5.96 Å². The van der Waals surface area contributed by atoms with Crippen molar-refractivity contribution < 1.29 is 0 Å². The molecule has 0 spiro atoms. The maximum Gasteiger partial charge on any atom is 0.212 e. The van der Waals surface area contributed by atoms with Gasteiger partial charge < -0.3 is 11.5 Å². The van der Waals surface area contributed by atoms with E-state index in [2.05, 4.69) is 15.0 Å². The summed E-state index contributed by atoms with van der Waals surface area (Å²) in [4.78, 5) is 12.2. The summed E-state index contributed by atoms with van der Waals surface area (Å²) in [5.74, 6) is 0.0178. The maximum absolute atomic E-state index is 5.23.